The van der Waals surface area contributed by atoms with E-state index in [4.69, 9.17) is 4.74 Å². The van der Waals surface area contributed by atoms with Crippen LogP contribution in [0.5, 0.6) is 0 Å². The van der Waals surface area contributed by atoms with E-state index in [0.29, 0.717) is 39.4 Å². The fourth-order valence-corrected chi connectivity index (χ4v) is 11.7. The third-order valence-corrected chi connectivity index (χ3v) is 13.6. The van der Waals surface area contributed by atoms with E-state index < -0.39 is 0 Å². The van der Waals surface area contributed by atoms with E-state index in [1.165, 1.54) is 63.4 Å². The topological polar surface area (TPSA) is 29.5 Å². The van der Waals surface area contributed by atoms with Gasteiger partial charge in [-0.25, -0.2) is 0 Å². The first kappa shape index (κ1) is 24.9. The van der Waals surface area contributed by atoms with Gasteiger partial charge >= 0.3 is 0 Å². The van der Waals surface area contributed by atoms with Crippen molar-refractivity contribution in [3.05, 3.63) is 24.5 Å². The van der Waals surface area contributed by atoms with Gasteiger partial charge in [0.15, 0.2) is 0 Å². The highest BCUT2D eigenvalue weighted by molar-refractivity contribution is 5.24. The van der Waals surface area contributed by atoms with Crippen LogP contribution in [0, 0.1) is 56.7 Å². The van der Waals surface area contributed by atoms with E-state index in [9.17, 15) is 5.11 Å². The Kier molecular flexibility index (Phi) is 5.76. The monoisotopic (exact) mass is 468 g/mol. The lowest BCUT2D eigenvalue weighted by Gasteiger charge is -2.73. The Morgan fingerprint density at radius 1 is 0.853 bits per heavy atom. The Morgan fingerprint density at radius 3 is 2.26 bits per heavy atom. The Hall–Kier alpha value is -0.760. The van der Waals surface area contributed by atoms with Crippen molar-refractivity contribution in [1.29, 1.82) is 0 Å². The zero-order valence-corrected chi connectivity index (χ0v) is 23.3. The summed E-state index contributed by atoms with van der Waals surface area (Å²) in [6.45, 7) is 19.6. The van der Waals surface area contributed by atoms with Crippen molar-refractivity contribution in [2.24, 2.45) is 56.7 Å². The van der Waals surface area contributed by atoms with Crippen LogP contribution < -0.4 is 0 Å². The van der Waals surface area contributed by atoms with E-state index in [2.05, 4.69) is 54.2 Å². The van der Waals surface area contributed by atoms with E-state index >= 15 is 0 Å². The molecule has 0 aromatic carbocycles. The summed E-state index contributed by atoms with van der Waals surface area (Å²) in [6, 6.07) is 0. The lowest BCUT2D eigenvalue weighted by Crippen LogP contribution is -2.66. The molecule has 1 N–H and O–H groups in total. The average Bonchev–Trinajstić information content (AvgIpc) is 3.16. The van der Waals surface area contributed by atoms with E-state index in [-0.39, 0.29) is 11.5 Å². The van der Waals surface area contributed by atoms with Crippen LogP contribution in [-0.4, -0.2) is 18.3 Å². The lowest BCUT2D eigenvalue weighted by molar-refractivity contribution is -0.244. The molecule has 0 unspecified atom stereocenters. The normalized spacial score (nSPS) is 54.0. The van der Waals surface area contributed by atoms with Gasteiger partial charge in [-0.3, -0.25) is 0 Å². The quantitative estimate of drug-likeness (QED) is 0.334. The Labute approximate surface area is 210 Å². The van der Waals surface area contributed by atoms with Gasteiger partial charge in [-0.1, -0.05) is 46.8 Å². The minimum Gasteiger partial charge on any atom is -0.505 e. The van der Waals surface area contributed by atoms with Crippen LogP contribution in [0.2, 0.25) is 0 Å². The maximum atomic E-state index is 10.9. The van der Waals surface area contributed by atoms with Crippen molar-refractivity contribution < 1.29 is 9.84 Å². The fraction of sp³-hybridized carbons (Fsp3) is 0.875. The van der Waals surface area contributed by atoms with Gasteiger partial charge in [-0.05, 0) is 134 Å². The molecule has 0 amide bonds. The molecule has 0 aromatic rings. The summed E-state index contributed by atoms with van der Waals surface area (Å²) >= 11 is 0. The highest BCUT2D eigenvalue weighted by atomic mass is 16.5. The molecule has 0 aliphatic heterocycles. The van der Waals surface area contributed by atoms with Crippen LogP contribution >= 0.6 is 0 Å². The van der Waals surface area contributed by atoms with Gasteiger partial charge in [-0.2, -0.15) is 0 Å². The molecular weight excluding hydrogens is 416 g/mol. The van der Waals surface area contributed by atoms with E-state index in [0.717, 1.165) is 18.3 Å². The molecule has 5 fully saturated rings. The standard InChI is InChI=1S/C32H52O2/c1-21(2)22-11-16-32(19-20-34-8)18-17-30(6)23(27(22)32)9-10-25-29(5)14-13-26(33)28(3,4)24(29)12-15-31(25,30)7/h19-20,22-27,33H,1,9-18H2,2-8H3/t22-,23+,24-,25+,26-,27+,29-,30+,31+,32+/m0/s1. The van der Waals surface area contributed by atoms with Gasteiger partial charge < -0.3 is 9.84 Å². The first-order valence-corrected chi connectivity index (χ1v) is 14.4. The molecule has 2 heteroatoms. The minimum atomic E-state index is -0.139. The van der Waals surface area contributed by atoms with Crippen LogP contribution in [-0.2, 0) is 4.74 Å². The van der Waals surface area contributed by atoms with E-state index in [1.807, 2.05) is 6.26 Å². The Bertz CT molecular complexity index is 857. The molecule has 5 aliphatic carbocycles. The number of aliphatic hydroxyl groups is 1. The van der Waals surface area contributed by atoms with Crippen molar-refractivity contribution >= 4 is 0 Å². The summed E-state index contributed by atoms with van der Waals surface area (Å²) in [5.41, 5.74) is 2.88. The number of aliphatic hydroxyl groups excluding tert-OH is 1. The maximum Gasteiger partial charge on any atom is 0.0790 e. The first-order valence-electron chi connectivity index (χ1n) is 14.4. The largest absolute Gasteiger partial charge is 0.505 e. The van der Waals surface area contributed by atoms with Gasteiger partial charge in [0, 0.05) is 0 Å². The smallest absolute Gasteiger partial charge is 0.0790 e. The molecule has 34 heavy (non-hydrogen) atoms. The van der Waals surface area contributed by atoms with Gasteiger partial charge in [0.05, 0.1) is 19.5 Å². The molecule has 0 saturated heterocycles. The van der Waals surface area contributed by atoms with Crippen molar-refractivity contribution in [2.75, 3.05) is 7.11 Å². The van der Waals surface area contributed by atoms with E-state index in [1.54, 1.807) is 7.11 Å². The number of rotatable bonds is 3. The van der Waals surface area contributed by atoms with Gasteiger partial charge in [0.1, 0.15) is 0 Å². The Morgan fingerprint density at radius 2 is 1.59 bits per heavy atom. The van der Waals surface area contributed by atoms with Crippen LogP contribution in [0.25, 0.3) is 0 Å². The molecule has 5 aliphatic rings. The Balaban J connectivity index is 1.55. The number of hydrogen-bond acceptors (Lipinski definition) is 2. The lowest BCUT2D eigenvalue weighted by atomic mass is 9.32. The van der Waals surface area contributed by atoms with Gasteiger partial charge in [-0.15, -0.1) is 0 Å². The third kappa shape index (κ3) is 3.02. The predicted octanol–water partition coefficient (Wildman–Crippen LogP) is 8.17. The molecule has 192 valence electrons. The molecular formula is C32H52O2. The number of allylic oxidation sites excluding steroid dienone is 2. The summed E-state index contributed by atoms with van der Waals surface area (Å²) in [6.07, 6.45) is 17.2. The second kappa shape index (κ2) is 7.87. The molecule has 0 spiro atoms. The average molecular weight is 469 g/mol. The fourth-order valence-electron chi connectivity index (χ4n) is 11.7. The zero-order chi connectivity index (χ0) is 24.7. The number of fused-ring (bicyclic) bond motifs is 7. The summed E-state index contributed by atoms with van der Waals surface area (Å²) in [5.74, 6) is 3.56. The second-order valence-electron chi connectivity index (χ2n) is 14.8. The minimum absolute atomic E-state index is 0.0370. The molecule has 2 nitrogen and oxygen atoms in total. The van der Waals surface area contributed by atoms with Gasteiger partial charge in [0.2, 0.25) is 0 Å². The van der Waals surface area contributed by atoms with Crippen LogP contribution in [0.3, 0.4) is 0 Å². The first-order chi connectivity index (χ1) is 15.9. The van der Waals surface area contributed by atoms with Crippen LogP contribution in [0.1, 0.15) is 106 Å². The third-order valence-electron chi connectivity index (χ3n) is 13.6. The zero-order valence-electron chi connectivity index (χ0n) is 23.3. The number of ether oxygens (including phenoxy) is 1. The molecule has 5 rings (SSSR count). The van der Waals surface area contributed by atoms with Crippen LogP contribution in [0.4, 0.5) is 0 Å². The molecule has 5 saturated carbocycles. The van der Waals surface area contributed by atoms with Crippen molar-refractivity contribution in [3.63, 3.8) is 0 Å². The summed E-state index contributed by atoms with van der Waals surface area (Å²) < 4.78 is 5.49. The van der Waals surface area contributed by atoms with Crippen molar-refractivity contribution in [2.45, 2.75) is 112 Å². The molecule has 0 bridgehead atoms. The number of hydrogen-bond donors (Lipinski definition) is 1. The summed E-state index contributed by atoms with van der Waals surface area (Å²) in [7, 11) is 1.80. The summed E-state index contributed by atoms with van der Waals surface area (Å²) in [4.78, 5) is 0. The number of methoxy groups -OCH3 is 1. The van der Waals surface area contributed by atoms with Crippen LogP contribution in [0.15, 0.2) is 24.5 Å². The maximum absolute atomic E-state index is 10.9. The SMILES string of the molecule is C=C(C)[C@@H]1CC[C@]2(C=COC)CC[C@]3(C)[C@H](CC[C@@H]4[C@@]5(C)CC[C@H](O)C(C)(C)[C@@H]5CC[C@]43C)[C@@H]12. The summed E-state index contributed by atoms with van der Waals surface area (Å²) in [5, 5.41) is 10.9. The molecule has 0 radical (unpaired) electrons. The predicted molar refractivity (Wildman–Crippen MR) is 141 cm³/mol. The van der Waals surface area contributed by atoms with Gasteiger partial charge in [0.25, 0.3) is 0 Å². The molecule has 0 heterocycles. The second-order valence-corrected chi connectivity index (χ2v) is 14.8. The van der Waals surface area contributed by atoms with Crippen molar-refractivity contribution in [1.82, 2.24) is 0 Å². The molecule has 0 aromatic heterocycles. The molecule has 10 atom stereocenters. The highest BCUT2D eigenvalue weighted by Gasteiger charge is 2.70. The highest BCUT2D eigenvalue weighted by Crippen LogP contribution is 2.77. The van der Waals surface area contributed by atoms with Crippen molar-refractivity contribution in [3.8, 4) is 0 Å².